The molecule has 0 aliphatic carbocycles. The Hall–Kier alpha value is -2.20. The van der Waals surface area contributed by atoms with E-state index < -0.39 is 5.97 Å². The Morgan fingerprint density at radius 1 is 1.10 bits per heavy atom. The standard InChI is InChI=1S/C16H18N2O2/c1-2-12-3-5-13(6-4-12)9-17-11-15-8-7-14(10-18-15)16(19)20/h3-8,10,17H,2,9,11H2,1H3,(H,19,20). The summed E-state index contributed by atoms with van der Waals surface area (Å²) in [6, 6.07) is 11.8. The second-order valence-electron chi connectivity index (χ2n) is 4.62. The Labute approximate surface area is 118 Å². The summed E-state index contributed by atoms with van der Waals surface area (Å²) in [6.45, 7) is 3.53. The van der Waals surface area contributed by atoms with Crippen LogP contribution in [0.5, 0.6) is 0 Å². The van der Waals surface area contributed by atoms with Crippen LogP contribution in [0.4, 0.5) is 0 Å². The normalized spacial score (nSPS) is 10.4. The lowest BCUT2D eigenvalue weighted by Gasteiger charge is -2.06. The van der Waals surface area contributed by atoms with Gasteiger partial charge in [0.15, 0.2) is 0 Å². The van der Waals surface area contributed by atoms with Crippen molar-refractivity contribution in [3.63, 3.8) is 0 Å². The van der Waals surface area contributed by atoms with Gasteiger partial charge in [0.2, 0.25) is 0 Å². The van der Waals surface area contributed by atoms with Crippen molar-refractivity contribution in [1.29, 1.82) is 0 Å². The molecule has 0 saturated carbocycles. The van der Waals surface area contributed by atoms with Gasteiger partial charge in [-0.3, -0.25) is 4.98 Å². The Kier molecular flexibility index (Phi) is 4.85. The lowest BCUT2D eigenvalue weighted by Crippen LogP contribution is -2.14. The fourth-order valence-corrected chi connectivity index (χ4v) is 1.88. The third kappa shape index (κ3) is 3.90. The fraction of sp³-hybridized carbons (Fsp3) is 0.250. The Balaban J connectivity index is 1.84. The molecule has 0 spiro atoms. The van der Waals surface area contributed by atoms with Crippen LogP contribution in [0.15, 0.2) is 42.6 Å². The first-order chi connectivity index (χ1) is 9.69. The van der Waals surface area contributed by atoms with Crippen molar-refractivity contribution < 1.29 is 9.90 Å². The molecule has 0 radical (unpaired) electrons. The summed E-state index contributed by atoms with van der Waals surface area (Å²) >= 11 is 0. The maximum atomic E-state index is 10.7. The number of nitrogens with one attached hydrogen (secondary N) is 1. The topological polar surface area (TPSA) is 62.2 Å². The summed E-state index contributed by atoms with van der Waals surface area (Å²) in [4.78, 5) is 14.8. The number of aryl methyl sites for hydroxylation is 1. The molecule has 2 aromatic rings. The number of aromatic carboxylic acids is 1. The van der Waals surface area contributed by atoms with Crippen LogP contribution < -0.4 is 5.32 Å². The zero-order valence-corrected chi connectivity index (χ0v) is 11.5. The quantitative estimate of drug-likeness (QED) is 0.847. The molecule has 1 heterocycles. The summed E-state index contributed by atoms with van der Waals surface area (Å²) in [6.07, 6.45) is 2.43. The molecule has 0 aliphatic heterocycles. The molecule has 104 valence electrons. The first kappa shape index (κ1) is 14.2. The minimum absolute atomic E-state index is 0.212. The monoisotopic (exact) mass is 270 g/mol. The Bertz CT molecular complexity index is 562. The van der Waals surface area contributed by atoms with E-state index in [-0.39, 0.29) is 5.56 Å². The van der Waals surface area contributed by atoms with Crippen molar-refractivity contribution in [2.24, 2.45) is 0 Å². The van der Waals surface area contributed by atoms with E-state index in [1.165, 1.54) is 17.3 Å². The summed E-state index contributed by atoms with van der Waals surface area (Å²) in [7, 11) is 0. The number of nitrogens with zero attached hydrogens (tertiary/aromatic N) is 1. The van der Waals surface area contributed by atoms with Crippen LogP contribution in [0.25, 0.3) is 0 Å². The van der Waals surface area contributed by atoms with E-state index in [1.54, 1.807) is 12.1 Å². The van der Waals surface area contributed by atoms with Crippen LogP contribution in [0.2, 0.25) is 0 Å². The maximum absolute atomic E-state index is 10.7. The van der Waals surface area contributed by atoms with Gasteiger partial charge < -0.3 is 10.4 Å². The Morgan fingerprint density at radius 2 is 1.80 bits per heavy atom. The first-order valence-corrected chi connectivity index (χ1v) is 6.66. The average molecular weight is 270 g/mol. The first-order valence-electron chi connectivity index (χ1n) is 6.66. The van der Waals surface area contributed by atoms with Crippen molar-refractivity contribution in [3.8, 4) is 0 Å². The van der Waals surface area contributed by atoms with E-state index in [0.29, 0.717) is 6.54 Å². The molecule has 1 aromatic carbocycles. The lowest BCUT2D eigenvalue weighted by molar-refractivity contribution is 0.0696. The highest BCUT2D eigenvalue weighted by molar-refractivity contribution is 5.87. The van der Waals surface area contributed by atoms with Gasteiger partial charge in [-0.15, -0.1) is 0 Å². The van der Waals surface area contributed by atoms with Crippen LogP contribution >= 0.6 is 0 Å². The lowest BCUT2D eigenvalue weighted by atomic mass is 10.1. The van der Waals surface area contributed by atoms with Gasteiger partial charge >= 0.3 is 5.97 Å². The van der Waals surface area contributed by atoms with E-state index in [2.05, 4.69) is 41.5 Å². The summed E-state index contributed by atoms with van der Waals surface area (Å²) in [5, 5.41) is 12.1. The van der Waals surface area contributed by atoms with Crippen LogP contribution in [-0.4, -0.2) is 16.1 Å². The van der Waals surface area contributed by atoms with Crippen LogP contribution in [0, 0.1) is 0 Å². The van der Waals surface area contributed by atoms with Crippen LogP contribution in [0.1, 0.15) is 34.1 Å². The van der Waals surface area contributed by atoms with E-state index >= 15 is 0 Å². The van der Waals surface area contributed by atoms with E-state index in [9.17, 15) is 4.79 Å². The molecule has 2 rings (SSSR count). The highest BCUT2D eigenvalue weighted by atomic mass is 16.4. The summed E-state index contributed by atoms with van der Waals surface area (Å²) in [5.41, 5.74) is 3.60. The summed E-state index contributed by atoms with van der Waals surface area (Å²) < 4.78 is 0. The van der Waals surface area contributed by atoms with Gasteiger partial charge in [0.25, 0.3) is 0 Å². The highest BCUT2D eigenvalue weighted by Crippen LogP contribution is 2.05. The smallest absolute Gasteiger partial charge is 0.337 e. The van der Waals surface area contributed by atoms with Gasteiger partial charge in [-0.1, -0.05) is 31.2 Å². The van der Waals surface area contributed by atoms with Gasteiger partial charge in [0.1, 0.15) is 0 Å². The molecule has 0 aliphatic rings. The third-order valence-corrected chi connectivity index (χ3v) is 3.14. The molecular weight excluding hydrogens is 252 g/mol. The molecule has 4 nitrogen and oxygen atoms in total. The molecule has 4 heteroatoms. The molecule has 0 saturated heterocycles. The number of benzene rings is 1. The van der Waals surface area contributed by atoms with Gasteiger partial charge in [0, 0.05) is 19.3 Å². The number of aromatic nitrogens is 1. The Morgan fingerprint density at radius 3 is 2.35 bits per heavy atom. The van der Waals surface area contributed by atoms with E-state index in [4.69, 9.17) is 5.11 Å². The van der Waals surface area contributed by atoms with Crippen molar-refractivity contribution in [3.05, 3.63) is 65.0 Å². The SMILES string of the molecule is CCc1ccc(CNCc2ccc(C(=O)O)cn2)cc1. The van der Waals surface area contributed by atoms with Crippen LogP contribution in [0.3, 0.4) is 0 Å². The molecule has 1 aromatic heterocycles. The zero-order valence-electron chi connectivity index (χ0n) is 11.5. The largest absolute Gasteiger partial charge is 0.478 e. The number of hydrogen-bond acceptors (Lipinski definition) is 3. The van der Waals surface area contributed by atoms with Crippen LogP contribution in [-0.2, 0) is 19.5 Å². The number of carbonyl (C=O) groups is 1. The predicted molar refractivity (Wildman–Crippen MR) is 77.6 cm³/mol. The average Bonchev–Trinajstić information content (AvgIpc) is 2.48. The number of hydrogen-bond donors (Lipinski definition) is 2. The summed E-state index contributed by atoms with van der Waals surface area (Å²) in [5.74, 6) is -0.951. The fourth-order valence-electron chi connectivity index (χ4n) is 1.88. The van der Waals surface area contributed by atoms with Crippen molar-refractivity contribution in [2.75, 3.05) is 0 Å². The molecule has 0 bridgehead atoms. The molecule has 0 fully saturated rings. The number of carboxylic acid groups (broad SMARTS) is 1. The van der Waals surface area contributed by atoms with Crippen molar-refractivity contribution in [2.45, 2.75) is 26.4 Å². The number of pyridine rings is 1. The second-order valence-corrected chi connectivity index (χ2v) is 4.62. The van der Waals surface area contributed by atoms with Crippen molar-refractivity contribution in [1.82, 2.24) is 10.3 Å². The third-order valence-electron chi connectivity index (χ3n) is 3.14. The molecule has 0 atom stereocenters. The molecule has 0 amide bonds. The molecule has 2 N–H and O–H groups in total. The number of carboxylic acids is 1. The van der Waals surface area contributed by atoms with E-state index in [0.717, 1.165) is 18.7 Å². The minimum Gasteiger partial charge on any atom is -0.478 e. The second kappa shape index (κ2) is 6.82. The minimum atomic E-state index is -0.951. The molecule has 20 heavy (non-hydrogen) atoms. The van der Waals surface area contributed by atoms with Gasteiger partial charge in [0.05, 0.1) is 11.3 Å². The predicted octanol–water partition coefficient (Wildman–Crippen LogP) is 2.63. The zero-order chi connectivity index (χ0) is 14.4. The number of rotatable bonds is 6. The van der Waals surface area contributed by atoms with Gasteiger partial charge in [-0.05, 0) is 29.7 Å². The molecular formula is C16H18N2O2. The van der Waals surface area contributed by atoms with Gasteiger partial charge in [-0.2, -0.15) is 0 Å². The maximum Gasteiger partial charge on any atom is 0.337 e. The van der Waals surface area contributed by atoms with Crippen molar-refractivity contribution >= 4 is 5.97 Å². The van der Waals surface area contributed by atoms with Gasteiger partial charge in [-0.25, -0.2) is 4.79 Å². The highest BCUT2D eigenvalue weighted by Gasteiger charge is 2.02. The van der Waals surface area contributed by atoms with E-state index in [1.807, 2.05) is 0 Å². The molecule has 0 unspecified atom stereocenters.